The first-order valence-corrected chi connectivity index (χ1v) is 6.81. The van der Waals surface area contributed by atoms with Gasteiger partial charge >= 0.3 is 0 Å². The largest absolute Gasteiger partial charge is 0.493 e. The second-order valence-corrected chi connectivity index (χ2v) is 5.06. The zero-order valence-corrected chi connectivity index (χ0v) is 12.5. The fraction of sp³-hybridized carbons (Fsp3) is 0.333. The fourth-order valence-electron chi connectivity index (χ4n) is 1.83. The zero-order valence-electron chi connectivity index (χ0n) is 11.8. The van der Waals surface area contributed by atoms with E-state index in [-0.39, 0.29) is 17.5 Å². The Bertz CT molecular complexity index is 631. The van der Waals surface area contributed by atoms with Crippen molar-refractivity contribution in [3.05, 3.63) is 28.3 Å². The van der Waals surface area contributed by atoms with Gasteiger partial charge in [0, 0.05) is 6.04 Å². The molecule has 1 aromatic carbocycles. The van der Waals surface area contributed by atoms with E-state index in [0.29, 0.717) is 22.1 Å². The number of hydrogen-bond acceptors (Lipinski definition) is 4. The van der Waals surface area contributed by atoms with Gasteiger partial charge in [0.15, 0.2) is 11.5 Å². The van der Waals surface area contributed by atoms with Crippen LogP contribution < -0.4 is 14.8 Å². The van der Waals surface area contributed by atoms with E-state index in [4.69, 9.17) is 26.3 Å². The number of benzene rings is 1. The van der Waals surface area contributed by atoms with Crippen molar-refractivity contribution in [1.82, 2.24) is 5.32 Å². The molecule has 0 atom stereocenters. The molecule has 0 spiro atoms. The average molecular weight is 307 g/mol. The van der Waals surface area contributed by atoms with Crippen molar-refractivity contribution in [2.75, 3.05) is 14.2 Å². The molecule has 0 bridgehead atoms. The van der Waals surface area contributed by atoms with E-state index in [0.717, 1.165) is 12.8 Å². The van der Waals surface area contributed by atoms with Crippen molar-refractivity contribution in [2.45, 2.75) is 18.9 Å². The smallest absolute Gasteiger partial charge is 0.262 e. The number of nitrogens with zero attached hydrogens (tertiary/aromatic N) is 1. The van der Waals surface area contributed by atoms with Gasteiger partial charge in [0.25, 0.3) is 5.91 Å². The number of amides is 1. The lowest BCUT2D eigenvalue weighted by Gasteiger charge is -2.10. The summed E-state index contributed by atoms with van der Waals surface area (Å²) in [6, 6.07) is 5.38. The van der Waals surface area contributed by atoms with Crippen molar-refractivity contribution in [1.29, 1.82) is 5.26 Å². The van der Waals surface area contributed by atoms with Crippen LogP contribution in [0.25, 0.3) is 6.08 Å². The molecular weight excluding hydrogens is 292 g/mol. The van der Waals surface area contributed by atoms with Crippen LogP contribution in [0.4, 0.5) is 0 Å². The number of carbonyl (C=O) groups excluding carboxylic acids is 1. The van der Waals surface area contributed by atoms with Crippen LogP contribution in [0.15, 0.2) is 17.7 Å². The second kappa shape index (κ2) is 6.51. The minimum atomic E-state index is -0.370. The Kier molecular flexibility index (Phi) is 4.71. The molecular formula is C15H15ClN2O3. The highest BCUT2D eigenvalue weighted by Gasteiger charge is 2.24. The molecule has 0 aromatic heterocycles. The molecule has 0 heterocycles. The third-order valence-electron chi connectivity index (χ3n) is 3.04. The minimum Gasteiger partial charge on any atom is -0.493 e. The molecule has 6 heteroatoms. The van der Waals surface area contributed by atoms with Crippen LogP contribution in [0.5, 0.6) is 11.5 Å². The maximum atomic E-state index is 11.9. The van der Waals surface area contributed by atoms with Gasteiger partial charge in [-0.1, -0.05) is 11.6 Å². The molecule has 110 valence electrons. The van der Waals surface area contributed by atoms with E-state index in [9.17, 15) is 4.79 Å². The van der Waals surface area contributed by atoms with Gasteiger partial charge in [-0.3, -0.25) is 4.79 Å². The van der Waals surface area contributed by atoms with Crippen LogP contribution in [0.3, 0.4) is 0 Å². The molecule has 21 heavy (non-hydrogen) atoms. The highest BCUT2D eigenvalue weighted by atomic mass is 35.5. The first kappa shape index (κ1) is 15.2. The molecule has 0 saturated heterocycles. The Hall–Kier alpha value is -2.19. The van der Waals surface area contributed by atoms with Crippen LogP contribution in [-0.2, 0) is 4.79 Å². The SMILES string of the molecule is COc1cc(/C=C(\C#N)C(=O)NC2CC2)cc(Cl)c1OC. The second-order valence-electron chi connectivity index (χ2n) is 4.66. The van der Waals surface area contributed by atoms with Crippen molar-refractivity contribution in [3.63, 3.8) is 0 Å². The molecule has 1 aliphatic carbocycles. The highest BCUT2D eigenvalue weighted by molar-refractivity contribution is 6.32. The fourth-order valence-corrected chi connectivity index (χ4v) is 2.12. The van der Waals surface area contributed by atoms with Crippen molar-refractivity contribution in [2.24, 2.45) is 0 Å². The van der Waals surface area contributed by atoms with Crippen molar-refractivity contribution in [3.8, 4) is 17.6 Å². The first-order valence-electron chi connectivity index (χ1n) is 6.43. The molecule has 0 aliphatic heterocycles. The molecule has 1 aliphatic rings. The predicted octanol–water partition coefficient (Wildman–Crippen LogP) is 2.54. The molecule has 0 unspecified atom stereocenters. The summed E-state index contributed by atoms with van der Waals surface area (Å²) in [4.78, 5) is 11.9. The number of ether oxygens (including phenoxy) is 2. The monoisotopic (exact) mass is 306 g/mol. The summed E-state index contributed by atoms with van der Waals surface area (Å²) in [5, 5.41) is 12.2. The zero-order chi connectivity index (χ0) is 15.4. The summed E-state index contributed by atoms with van der Waals surface area (Å²) in [5.74, 6) is 0.485. The van der Waals surface area contributed by atoms with Gasteiger partial charge in [0.2, 0.25) is 0 Å². The number of carbonyl (C=O) groups is 1. The van der Waals surface area contributed by atoms with Crippen LogP contribution in [0.2, 0.25) is 5.02 Å². The Morgan fingerprint density at radius 3 is 2.67 bits per heavy atom. The van der Waals surface area contributed by atoms with Gasteiger partial charge in [-0.15, -0.1) is 0 Å². The molecule has 2 rings (SSSR count). The number of nitriles is 1. The number of nitrogens with one attached hydrogen (secondary N) is 1. The summed E-state index contributed by atoms with van der Waals surface area (Å²) in [6.07, 6.45) is 3.41. The minimum absolute atomic E-state index is 0.0326. The third kappa shape index (κ3) is 3.67. The molecule has 1 amide bonds. The molecule has 1 fully saturated rings. The van der Waals surface area contributed by atoms with E-state index in [1.54, 1.807) is 12.1 Å². The molecule has 1 N–H and O–H groups in total. The lowest BCUT2D eigenvalue weighted by molar-refractivity contribution is -0.117. The standard InChI is InChI=1S/C15H15ClN2O3/c1-20-13-7-9(6-12(16)14(13)21-2)5-10(8-17)15(19)18-11-3-4-11/h5-7,11H,3-4H2,1-2H3,(H,18,19)/b10-5+. The Morgan fingerprint density at radius 1 is 1.43 bits per heavy atom. The van der Waals surface area contributed by atoms with Gasteiger partial charge in [-0.25, -0.2) is 0 Å². The number of halogens is 1. The highest BCUT2D eigenvalue weighted by Crippen LogP contribution is 2.36. The van der Waals surface area contributed by atoms with Gasteiger partial charge in [0.05, 0.1) is 19.2 Å². The topological polar surface area (TPSA) is 71.3 Å². The van der Waals surface area contributed by atoms with Gasteiger partial charge in [-0.05, 0) is 36.6 Å². The number of hydrogen-bond donors (Lipinski definition) is 1. The summed E-state index contributed by atoms with van der Waals surface area (Å²) in [5.41, 5.74) is 0.630. The van der Waals surface area contributed by atoms with Gasteiger partial charge in [-0.2, -0.15) is 5.26 Å². The normalized spacial score (nSPS) is 14.3. The van der Waals surface area contributed by atoms with Crippen LogP contribution in [0.1, 0.15) is 18.4 Å². The predicted molar refractivity (Wildman–Crippen MR) is 79.3 cm³/mol. The molecule has 5 nitrogen and oxygen atoms in total. The number of rotatable bonds is 5. The van der Waals surface area contributed by atoms with Crippen molar-refractivity contribution >= 4 is 23.6 Å². The maximum absolute atomic E-state index is 11.9. The molecule has 0 radical (unpaired) electrons. The molecule has 1 aromatic rings. The number of methoxy groups -OCH3 is 2. The van der Waals surface area contributed by atoms with Crippen LogP contribution in [-0.4, -0.2) is 26.2 Å². The van der Waals surface area contributed by atoms with Crippen molar-refractivity contribution < 1.29 is 14.3 Å². The summed E-state index contributed by atoms with van der Waals surface area (Å²) in [6.45, 7) is 0. The summed E-state index contributed by atoms with van der Waals surface area (Å²) in [7, 11) is 2.98. The van der Waals surface area contributed by atoms with E-state index >= 15 is 0 Å². The van der Waals surface area contributed by atoms with Gasteiger partial charge < -0.3 is 14.8 Å². The Morgan fingerprint density at radius 2 is 2.14 bits per heavy atom. The first-order chi connectivity index (χ1) is 10.1. The van der Waals surface area contributed by atoms with E-state index in [1.165, 1.54) is 20.3 Å². The third-order valence-corrected chi connectivity index (χ3v) is 3.33. The van der Waals surface area contributed by atoms with E-state index in [1.807, 2.05) is 6.07 Å². The summed E-state index contributed by atoms with van der Waals surface area (Å²) < 4.78 is 10.3. The Labute approximate surface area is 128 Å². The summed E-state index contributed by atoms with van der Waals surface area (Å²) >= 11 is 6.10. The maximum Gasteiger partial charge on any atom is 0.262 e. The Balaban J connectivity index is 2.31. The lowest BCUT2D eigenvalue weighted by Crippen LogP contribution is -2.26. The van der Waals surface area contributed by atoms with E-state index < -0.39 is 0 Å². The van der Waals surface area contributed by atoms with Crippen LogP contribution >= 0.6 is 11.6 Å². The molecule has 1 saturated carbocycles. The van der Waals surface area contributed by atoms with E-state index in [2.05, 4.69) is 5.32 Å². The van der Waals surface area contributed by atoms with Crippen LogP contribution in [0, 0.1) is 11.3 Å². The quantitative estimate of drug-likeness (QED) is 0.670. The average Bonchev–Trinajstić information content (AvgIpc) is 3.27. The van der Waals surface area contributed by atoms with Gasteiger partial charge in [0.1, 0.15) is 11.6 Å². The lowest BCUT2D eigenvalue weighted by atomic mass is 10.1.